The predicted molar refractivity (Wildman–Crippen MR) is 72.1 cm³/mol. The average molecular weight is 258 g/mol. The zero-order valence-electron chi connectivity index (χ0n) is 11.3. The Bertz CT molecular complexity index is 577. The molecule has 4 heteroatoms. The van der Waals surface area contributed by atoms with Crippen LogP contribution in [0.5, 0.6) is 5.75 Å². The number of aryl methyl sites for hydroxylation is 2. The van der Waals surface area contributed by atoms with Gasteiger partial charge in [0.2, 0.25) is 0 Å². The number of methoxy groups -OCH3 is 1. The minimum Gasteiger partial charge on any atom is -0.497 e. The van der Waals surface area contributed by atoms with Crippen LogP contribution in [0.3, 0.4) is 0 Å². The lowest BCUT2D eigenvalue weighted by molar-refractivity contribution is 0.385. The highest BCUT2D eigenvalue weighted by Crippen LogP contribution is 2.33. The number of rotatable bonds is 4. The van der Waals surface area contributed by atoms with Crippen molar-refractivity contribution in [2.45, 2.75) is 32.4 Å². The lowest BCUT2D eigenvalue weighted by atomic mass is 10.1. The minimum absolute atomic E-state index is 0.377. The molecule has 100 valence electrons. The molecule has 1 aromatic heterocycles. The van der Waals surface area contributed by atoms with Crippen molar-refractivity contribution in [3.8, 4) is 5.75 Å². The van der Waals surface area contributed by atoms with Crippen LogP contribution in [0.2, 0.25) is 0 Å². The quantitative estimate of drug-likeness (QED) is 0.916. The number of benzene rings is 1. The predicted octanol–water partition coefficient (Wildman–Crippen LogP) is 2.77. The molecular formula is C15H18N2O2. The van der Waals surface area contributed by atoms with E-state index in [9.17, 15) is 0 Å². The number of nitrogens with zero attached hydrogens (tertiary/aromatic N) is 1. The van der Waals surface area contributed by atoms with E-state index in [1.54, 1.807) is 7.11 Å². The zero-order chi connectivity index (χ0) is 13.2. The van der Waals surface area contributed by atoms with Gasteiger partial charge in [0.25, 0.3) is 0 Å². The molecule has 1 unspecified atom stereocenters. The molecule has 0 spiro atoms. The molecule has 2 aromatic rings. The standard InChI is InChI=1S/C15H18N2O2/c1-10-7-12(17-19-10)9-16-15-6-4-11-3-5-13(18-2)8-14(11)15/h3,5,7-8,15-16H,4,6,9H2,1-2H3. The summed E-state index contributed by atoms with van der Waals surface area (Å²) < 4.78 is 10.4. The molecule has 1 N–H and O–H groups in total. The van der Waals surface area contributed by atoms with E-state index >= 15 is 0 Å². The van der Waals surface area contributed by atoms with Crippen LogP contribution in [0.1, 0.15) is 35.0 Å². The highest BCUT2D eigenvalue weighted by Gasteiger charge is 2.22. The van der Waals surface area contributed by atoms with Crippen molar-refractivity contribution < 1.29 is 9.26 Å². The molecule has 0 radical (unpaired) electrons. The Morgan fingerprint density at radius 1 is 1.42 bits per heavy atom. The van der Waals surface area contributed by atoms with Crippen molar-refractivity contribution in [1.82, 2.24) is 10.5 Å². The average Bonchev–Trinajstić information content (AvgIpc) is 3.02. The molecule has 1 aromatic carbocycles. The highest BCUT2D eigenvalue weighted by atomic mass is 16.5. The second-order valence-corrected chi connectivity index (χ2v) is 4.97. The van der Waals surface area contributed by atoms with Crippen molar-refractivity contribution in [2.75, 3.05) is 7.11 Å². The van der Waals surface area contributed by atoms with E-state index in [2.05, 4.69) is 22.6 Å². The number of aromatic nitrogens is 1. The smallest absolute Gasteiger partial charge is 0.133 e. The Hall–Kier alpha value is -1.81. The number of hydrogen-bond acceptors (Lipinski definition) is 4. The van der Waals surface area contributed by atoms with Crippen LogP contribution in [0.25, 0.3) is 0 Å². The van der Waals surface area contributed by atoms with E-state index in [-0.39, 0.29) is 0 Å². The van der Waals surface area contributed by atoms with Gasteiger partial charge >= 0.3 is 0 Å². The van der Waals surface area contributed by atoms with E-state index in [1.165, 1.54) is 11.1 Å². The Kier molecular flexibility index (Phi) is 3.25. The molecule has 0 saturated carbocycles. The lowest BCUT2D eigenvalue weighted by Crippen LogP contribution is -2.18. The molecule has 0 aliphatic heterocycles. The van der Waals surface area contributed by atoms with E-state index < -0.39 is 0 Å². The van der Waals surface area contributed by atoms with Gasteiger partial charge in [0, 0.05) is 18.7 Å². The summed E-state index contributed by atoms with van der Waals surface area (Å²) in [5, 5.41) is 7.54. The Morgan fingerprint density at radius 3 is 3.05 bits per heavy atom. The van der Waals surface area contributed by atoms with Crippen LogP contribution in [0.15, 0.2) is 28.8 Å². The minimum atomic E-state index is 0.377. The summed E-state index contributed by atoms with van der Waals surface area (Å²) in [5.74, 6) is 1.77. The molecule has 0 bridgehead atoms. The Labute approximate surface area is 112 Å². The van der Waals surface area contributed by atoms with Gasteiger partial charge in [-0.05, 0) is 43.0 Å². The summed E-state index contributed by atoms with van der Waals surface area (Å²) in [6.45, 7) is 2.64. The van der Waals surface area contributed by atoms with Crippen molar-refractivity contribution in [3.05, 3.63) is 46.8 Å². The van der Waals surface area contributed by atoms with Gasteiger partial charge in [-0.25, -0.2) is 0 Å². The second-order valence-electron chi connectivity index (χ2n) is 4.97. The number of fused-ring (bicyclic) bond motifs is 1. The summed E-state index contributed by atoms with van der Waals surface area (Å²) in [6.07, 6.45) is 2.24. The lowest BCUT2D eigenvalue weighted by Gasteiger charge is -2.13. The van der Waals surface area contributed by atoms with Crippen LogP contribution in [-0.2, 0) is 13.0 Å². The second kappa shape index (κ2) is 5.05. The van der Waals surface area contributed by atoms with Crippen LogP contribution >= 0.6 is 0 Å². The van der Waals surface area contributed by atoms with Gasteiger partial charge in [-0.3, -0.25) is 0 Å². The molecule has 4 nitrogen and oxygen atoms in total. The maximum Gasteiger partial charge on any atom is 0.133 e. The fourth-order valence-corrected chi connectivity index (χ4v) is 2.65. The van der Waals surface area contributed by atoms with E-state index in [1.807, 2.05) is 19.1 Å². The van der Waals surface area contributed by atoms with Crippen molar-refractivity contribution in [3.63, 3.8) is 0 Å². The first-order chi connectivity index (χ1) is 9.26. The van der Waals surface area contributed by atoms with Gasteiger partial charge in [0.15, 0.2) is 0 Å². The van der Waals surface area contributed by atoms with Crippen LogP contribution in [0.4, 0.5) is 0 Å². The number of nitrogens with one attached hydrogen (secondary N) is 1. The number of hydrogen-bond donors (Lipinski definition) is 1. The summed E-state index contributed by atoms with van der Waals surface area (Å²) in [4.78, 5) is 0. The number of ether oxygens (including phenoxy) is 1. The van der Waals surface area contributed by atoms with Crippen molar-refractivity contribution in [1.29, 1.82) is 0 Å². The van der Waals surface area contributed by atoms with Gasteiger partial charge in [-0.2, -0.15) is 0 Å². The van der Waals surface area contributed by atoms with Gasteiger partial charge < -0.3 is 14.6 Å². The summed E-state index contributed by atoms with van der Waals surface area (Å²) in [5.41, 5.74) is 3.71. The fraction of sp³-hybridized carbons (Fsp3) is 0.400. The SMILES string of the molecule is COc1ccc2c(c1)C(NCc1cc(C)on1)CC2. The molecule has 19 heavy (non-hydrogen) atoms. The largest absolute Gasteiger partial charge is 0.497 e. The monoisotopic (exact) mass is 258 g/mol. The third-order valence-electron chi connectivity index (χ3n) is 3.64. The molecule has 1 aliphatic rings. The van der Waals surface area contributed by atoms with Crippen LogP contribution in [0, 0.1) is 6.92 Å². The van der Waals surface area contributed by atoms with Crippen LogP contribution in [-0.4, -0.2) is 12.3 Å². The summed E-state index contributed by atoms with van der Waals surface area (Å²) >= 11 is 0. The summed E-state index contributed by atoms with van der Waals surface area (Å²) in [6, 6.07) is 8.67. The van der Waals surface area contributed by atoms with Gasteiger partial charge in [-0.1, -0.05) is 11.2 Å². The molecule has 1 atom stereocenters. The molecule has 3 rings (SSSR count). The van der Waals surface area contributed by atoms with Crippen molar-refractivity contribution in [2.24, 2.45) is 0 Å². The molecule has 1 heterocycles. The molecule has 0 fully saturated rings. The van der Waals surface area contributed by atoms with Gasteiger partial charge in [0.05, 0.1) is 12.8 Å². The van der Waals surface area contributed by atoms with Crippen molar-refractivity contribution >= 4 is 0 Å². The molecule has 0 amide bonds. The first-order valence-corrected chi connectivity index (χ1v) is 6.58. The highest BCUT2D eigenvalue weighted by molar-refractivity contribution is 5.40. The molecular weight excluding hydrogens is 240 g/mol. The molecule has 0 saturated heterocycles. The van der Waals surface area contributed by atoms with E-state index in [0.717, 1.165) is 36.6 Å². The maximum absolute atomic E-state index is 5.30. The van der Waals surface area contributed by atoms with E-state index in [0.29, 0.717) is 6.04 Å². The first-order valence-electron chi connectivity index (χ1n) is 6.58. The third kappa shape index (κ3) is 2.49. The van der Waals surface area contributed by atoms with E-state index in [4.69, 9.17) is 9.26 Å². The Balaban J connectivity index is 1.71. The normalized spacial score (nSPS) is 17.5. The van der Waals surface area contributed by atoms with Gasteiger partial charge in [-0.15, -0.1) is 0 Å². The zero-order valence-corrected chi connectivity index (χ0v) is 11.3. The first kappa shape index (κ1) is 12.2. The van der Waals surface area contributed by atoms with Crippen LogP contribution < -0.4 is 10.1 Å². The van der Waals surface area contributed by atoms with Gasteiger partial charge in [0.1, 0.15) is 11.5 Å². The maximum atomic E-state index is 5.30. The Morgan fingerprint density at radius 2 is 2.32 bits per heavy atom. The fourth-order valence-electron chi connectivity index (χ4n) is 2.65. The molecule has 1 aliphatic carbocycles. The topological polar surface area (TPSA) is 47.3 Å². The summed E-state index contributed by atoms with van der Waals surface area (Å²) in [7, 11) is 1.71. The third-order valence-corrected chi connectivity index (χ3v) is 3.64.